The van der Waals surface area contributed by atoms with Gasteiger partial charge in [-0.3, -0.25) is 0 Å². The molecule has 0 aliphatic heterocycles. The average Bonchev–Trinajstić information content (AvgIpc) is 2.49. The fourth-order valence-corrected chi connectivity index (χ4v) is 2.56. The highest BCUT2D eigenvalue weighted by Gasteiger charge is 2.08. The molecule has 0 radical (unpaired) electrons. The lowest BCUT2D eigenvalue weighted by Gasteiger charge is -2.13. The average molecular weight is 282 g/mol. The van der Waals surface area contributed by atoms with Crippen molar-refractivity contribution in [1.82, 2.24) is 0 Å². The maximum atomic E-state index is 6.32. The molecule has 0 aromatic heterocycles. The van der Waals surface area contributed by atoms with Gasteiger partial charge in [0.05, 0.1) is 0 Å². The van der Waals surface area contributed by atoms with Crippen LogP contribution in [-0.4, -0.2) is 0 Å². The Hall–Kier alpha value is -1.83. The van der Waals surface area contributed by atoms with Crippen LogP contribution in [0.5, 0.6) is 0 Å². The van der Waals surface area contributed by atoms with E-state index in [2.05, 4.69) is 42.5 Å². The van der Waals surface area contributed by atoms with Crippen LogP contribution in [0, 0.1) is 0 Å². The Kier molecular flexibility index (Phi) is 3.72. The molecule has 0 saturated heterocycles. The number of fused-ring (bicyclic) bond motifs is 1. The molecule has 100 valence electrons. The van der Waals surface area contributed by atoms with E-state index in [1.54, 1.807) is 0 Å². The predicted molar refractivity (Wildman–Crippen MR) is 86.0 cm³/mol. The highest BCUT2D eigenvalue weighted by atomic mass is 35.5. The highest BCUT2D eigenvalue weighted by molar-refractivity contribution is 6.30. The molecule has 2 N–H and O–H groups in total. The van der Waals surface area contributed by atoms with Gasteiger partial charge in [0.2, 0.25) is 0 Å². The Balaban J connectivity index is 1.84. The third kappa shape index (κ3) is 2.84. The van der Waals surface area contributed by atoms with Crippen molar-refractivity contribution in [3.05, 3.63) is 82.9 Å². The number of hydrogen-bond donors (Lipinski definition) is 1. The van der Waals surface area contributed by atoms with Crippen LogP contribution in [0.2, 0.25) is 5.02 Å². The van der Waals surface area contributed by atoms with E-state index in [9.17, 15) is 0 Å². The number of rotatable bonds is 3. The number of nitrogens with two attached hydrogens (primary N) is 1. The first kappa shape index (κ1) is 13.2. The smallest absolute Gasteiger partial charge is 0.0406 e. The van der Waals surface area contributed by atoms with E-state index in [1.807, 2.05) is 24.3 Å². The zero-order chi connectivity index (χ0) is 13.9. The molecule has 0 aliphatic rings. The third-order valence-electron chi connectivity index (χ3n) is 3.57. The van der Waals surface area contributed by atoms with Gasteiger partial charge >= 0.3 is 0 Å². The van der Waals surface area contributed by atoms with Crippen LogP contribution in [0.15, 0.2) is 66.7 Å². The molecule has 2 heteroatoms. The van der Waals surface area contributed by atoms with Gasteiger partial charge in [-0.25, -0.2) is 0 Å². The SMILES string of the molecule is NC(Cc1ccc(Cl)cc1)c1ccc2ccccc2c1. The largest absolute Gasteiger partial charge is 0.324 e. The lowest BCUT2D eigenvalue weighted by atomic mass is 9.97. The van der Waals surface area contributed by atoms with Crippen molar-refractivity contribution in [2.24, 2.45) is 5.73 Å². The Morgan fingerprint density at radius 2 is 1.55 bits per heavy atom. The molecule has 3 rings (SSSR count). The molecule has 0 heterocycles. The summed E-state index contributed by atoms with van der Waals surface area (Å²) in [5.74, 6) is 0. The number of hydrogen-bond acceptors (Lipinski definition) is 1. The summed E-state index contributed by atoms with van der Waals surface area (Å²) in [6.45, 7) is 0. The van der Waals surface area contributed by atoms with Crippen LogP contribution < -0.4 is 5.73 Å². The molecule has 1 nitrogen and oxygen atoms in total. The van der Waals surface area contributed by atoms with Crippen LogP contribution in [0.4, 0.5) is 0 Å². The summed E-state index contributed by atoms with van der Waals surface area (Å²) in [5, 5.41) is 3.24. The molecule has 0 aliphatic carbocycles. The minimum Gasteiger partial charge on any atom is -0.324 e. The summed E-state index contributed by atoms with van der Waals surface area (Å²) in [7, 11) is 0. The Labute approximate surface area is 124 Å². The van der Waals surface area contributed by atoms with Crippen LogP contribution in [0.3, 0.4) is 0 Å². The van der Waals surface area contributed by atoms with Gasteiger partial charge in [-0.05, 0) is 46.5 Å². The zero-order valence-corrected chi connectivity index (χ0v) is 11.8. The second kappa shape index (κ2) is 5.66. The van der Waals surface area contributed by atoms with Crippen molar-refractivity contribution in [2.75, 3.05) is 0 Å². The molecule has 0 fully saturated rings. The van der Waals surface area contributed by atoms with Gasteiger partial charge in [-0.2, -0.15) is 0 Å². The first-order valence-corrected chi connectivity index (χ1v) is 7.09. The van der Waals surface area contributed by atoms with E-state index in [-0.39, 0.29) is 6.04 Å². The lowest BCUT2D eigenvalue weighted by molar-refractivity contribution is 0.723. The van der Waals surface area contributed by atoms with Gasteiger partial charge in [0.1, 0.15) is 0 Å². The van der Waals surface area contributed by atoms with Crippen LogP contribution in [0.25, 0.3) is 10.8 Å². The minimum absolute atomic E-state index is 0.000724. The molecule has 1 unspecified atom stereocenters. The summed E-state index contributed by atoms with van der Waals surface area (Å²) in [5.41, 5.74) is 8.69. The molecule has 20 heavy (non-hydrogen) atoms. The molecule has 1 atom stereocenters. The van der Waals surface area contributed by atoms with Gasteiger partial charge in [0.15, 0.2) is 0 Å². The fraction of sp³-hybridized carbons (Fsp3) is 0.111. The fourth-order valence-electron chi connectivity index (χ4n) is 2.43. The van der Waals surface area contributed by atoms with Crippen LogP contribution in [-0.2, 0) is 6.42 Å². The molecular formula is C18H16ClN. The molecule has 0 spiro atoms. The summed E-state index contributed by atoms with van der Waals surface area (Å²) < 4.78 is 0. The summed E-state index contributed by atoms with van der Waals surface area (Å²) >= 11 is 5.90. The molecule has 3 aromatic rings. The van der Waals surface area contributed by atoms with Gasteiger partial charge in [0, 0.05) is 11.1 Å². The standard InChI is InChI=1S/C18H16ClN/c19-17-9-5-13(6-10-17)11-18(20)16-8-7-14-3-1-2-4-15(14)12-16/h1-10,12,18H,11,20H2. The van der Waals surface area contributed by atoms with Gasteiger partial charge in [-0.15, -0.1) is 0 Å². The third-order valence-corrected chi connectivity index (χ3v) is 3.82. The van der Waals surface area contributed by atoms with Gasteiger partial charge in [0.25, 0.3) is 0 Å². The number of halogens is 1. The monoisotopic (exact) mass is 281 g/mol. The maximum absolute atomic E-state index is 6.32. The summed E-state index contributed by atoms with van der Waals surface area (Å²) in [4.78, 5) is 0. The quantitative estimate of drug-likeness (QED) is 0.737. The zero-order valence-electron chi connectivity index (χ0n) is 11.1. The lowest BCUT2D eigenvalue weighted by Crippen LogP contribution is -2.13. The van der Waals surface area contributed by atoms with E-state index in [0.29, 0.717) is 0 Å². The van der Waals surface area contributed by atoms with Crippen LogP contribution in [0.1, 0.15) is 17.2 Å². The minimum atomic E-state index is 0.000724. The van der Waals surface area contributed by atoms with E-state index in [1.165, 1.54) is 21.9 Å². The Bertz CT molecular complexity index is 719. The molecular weight excluding hydrogens is 266 g/mol. The maximum Gasteiger partial charge on any atom is 0.0406 e. The van der Waals surface area contributed by atoms with Crippen LogP contribution >= 0.6 is 11.6 Å². The van der Waals surface area contributed by atoms with Crippen molar-refractivity contribution in [3.63, 3.8) is 0 Å². The van der Waals surface area contributed by atoms with E-state index >= 15 is 0 Å². The normalized spacial score (nSPS) is 12.5. The first-order chi connectivity index (χ1) is 9.72. The molecule has 0 saturated carbocycles. The van der Waals surface area contributed by atoms with E-state index in [0.717, 1.165) is 11.4 Å². The number of benzene rings is 3. The predicted octanol–water partition coefficient (Wildman–Crippen LogP) is 4.74. The molecule has 3 aromatic carbocycles. The highest BCUT2D eigenvalue weighted by Crippen LogP contribution is 2.22. The van der Waals surface area contributed by atoms with Crippen molar-refractivity contribution in [2.45, 2.75) is 12.5 Å². The summed E-state index contributed by atoms with van der Waals surface area (Å²) in [6, 6.07) is 22.6. The first-order valence-electron chi connectivity index (χ1n) is 6.71. The van der Waals surface area contributed by atoms with E-state index in [4.69, 9.17) is 17.3 Å². The summed E-state index contributed by atoms with van der Waals surface area (Å²) in [6.07, 6.45) is 0.815. The Morgan fingerprint density at radius 1 is 0.850 bits per heavy atom. The van der Waals surface area contributed by atoms with Gasteiger partial charge < -0.3 is 5.73 Å². The molecule has 0 amide bonds. The van der Waals surface area contributed by atoms with Crippen molar-refractivity contribution < 1.29 is 0 Å². The Morgan fingerprint density at radius 3 is 2.30 bits per heavy atom. The van der Waals surface area contributed by atoms with Crippen molar-refractivity contribution in [3.8, 4) is 0 Å². The van der Waals surface area contributed by atoms with E-state index < -0.39 is 0 Å². The van der Waals surface area contributed by atoms with Crippen molar-refractivity contribution >= 4 is 22.4 Å². The topological polar surface area (TPSA) is 26.0 Å². The van der Waals surface area contributed by atoms with Crippen molar-refractivity contribution in [1.29, 1.82) is 0 Å². The second-order valence-electron chi connectivity index (χ2n) is 5.04. The van der Waals surface area contributed by atoms with Gasteiger partial charge in [-0.1, -0.05) is 60.1 Å². The second-order valence-corrected chi connectivity index (χ2v) is 5.48. The molecule has 0 bridgehead atoms.